The summed E-state index contributed by atoms with van der Waals surface area (Å²) < 4.78 is 0. The molecule has 162 valence electrons. The summed E-state index contributed by atoms with van der Waals surface area (Å²) >= 11 is 0. The van der Waals surface area contributed by atoms with Crippen LogP contribution < -0.4 is 10.6 Å². The maximum absolute atomic E-state index is 11.9. The van der Waals surface area contributed by atoms with E-state index in [1.165, 1.54) is 6.33 Å². The normalized spacial score (nSPS) is 15.8. The molecule has 0 atom stereocenters. The van der Waals surface area contributed by atoms with E-state index in [9.17, 15) is 4.79 Å². The number of guanidine groups is 1. The molecule has 1 aliphatic rings. The number of piperidine rings is 1. The van der Waals surface area contributed by atoms with E-state index in [0.717, 1.165) is 55.4 Å². The first-order valence-corrected chi connectivity index (χ1v) is 10.5. The van der Waals surface area contributed by atoms with Gasteiger partial charge < -0.3 is 15.5 Å². The number of aromatic nitrogens is 3. The van der Waals surface area contributed by atoms with E-state index in [0.29, 0.717) is 19.1 Å². The highest BCUT2D eigenvalue weighted by Crippen LogP contribution is 2.16. The second kappa shape index (κ2) is 10.7. The average molecular weight is 413 g/mol. The molecule has 1 aromatic carbocycles. The summed E-state index contributed by atoms with van der Waals surface area (Å²) in [4.78, 5) is 24.7. The second-order valence-electron chi connectivity index (χ2n) is 7.71. The van der Waals surface area contributed by atoms with Gasteiger partial charge >= 0.3 is 0 Å². The van der Waals surface area contributed by atoms with Gasteiger partial charge in [-0.25, -0.2) is 9.98 Å². The van der Waals surface area contributed by atoms with E-state index in [1.54, 1.807) is 19.0 Å². The molecule has 0 radical (unpaired) electrons. The molecule has 3 rings (SSSR count). The summed E-state index contributed by atoms with van der Waals surface area (Å²) in [5, 5.41) is 13.7. The Labute approximate surface area is 178 Å². The predicted molar refractivity (Wildman–Crippen MR) is 118 cm³/mol. The van der Waals surface area contributed by atoms with Crippen LogP contribution in [0.2, 0.25) is 0 Å². The smallest absolute Gasteiger partial charge is 0.236 e. The lowest BCUT2D eigenvalue weighted by atomic mass is 10.1. The van der Waals surface area contributed by atoms with Crippen LogP contribution in [0.25, 0.3) is 11.4 Å². The number of carbonyl (C=O) groups excluding carboxylic acids is 1. The van der Waals surface area contributed by atoms with Crippen molar-refractivity contribution >= 4 is 11.9 Å². The van der Waals surface area contributed by atoms with Crippen molar-refractivity contribution in [3.63, 3.8) is 0 Å². The van der Waals surface area contributed by atoms with Gasteiger partial charge in [0.15, 0.2) is 11.8 Å². The van der Waals surface area contributed by atoms with Gasteiger partial charge in [-0.2, -0.15) is 5.10 Å². The Bertz CT molecular complexity index is 825. The lowest BCUT2D eigenvalue weighted by Crippen LogP contribution is -2.50. The van der Waals surface area contributed by atoms with Crippen LogP contribution in [0.3, 0.4) is 0 Å². The van der Waals surface area contributed by atoms with Gasteiger partial charge in [0, 0.05) is 45.3 Å². The van der Waals surface area contributed by atoms with E-state index in [1.807, 2.05) is 12.1 Å². The number of aliphatic imine (C=N–C) groups is 1. The van der Waals surface area contributed by atoms with Crippen molar-refractivity contribution in [2.24, 2.45) is 4.99 Å². The second-order valence-corrected chi connectivity index (χ2v) is 7.71. The van der Waals surface area contributed by atoms with Gasteiger partial charge in [-0.3, -0.25) is 14.8 Å². The number of hydrogen-bond acceptors (Lipinski definition) is 5. The molecule has 2 heterocycles. The van der Waals surface area contributed by atoms with Crippen LogP contribution >= 0.6 is 0 Å². The minimum Gasteiger partial charge on any atom is -0.357 e. The third kappa shape index (κ3) is 6.28. The molecule has 0 spiro atoms. The number of likely N-dealkylation sites (tertiary alicyclic amines) is 1. The lowest BCUT2D eigenvalue weighted by molar-refractivity contribution is -0.130. The molecule has 1 fully saturated rings. The Morgan fingerprint density at radius 2 is 2.13 bits per heavy atom. The van der Waals surface area contributed by atoms with E-state index >= 15 is 0 Å². The fraction of sp³-hybridized carbons (Fsp3) is 0.524. The molecule has 0 aliphatic carbocycles. The molecule has 3 N–H and O–H groups in total. The van der Waals surface area contributed by atoms with Crippen molar-refractivity contribution in [2.75, 3.05) is 40.3 Å². The highest BCUT2D eigenvalue weighted by molar-refractivity contribution is 5.80. The van der Waals surface area contributed by atoms with E-state index in [2.05, 4.69) is 49.8 Å². The number of aromatic amines is 1. The zero-order chi connectivity index (χ0) is 21.3. The molecule has 9 nitrogen and oxygen atoms in total. The number of likely N-dealkylation sites (N-methyl/N-ethyl adjacent to an activating group) is 1. The first-order valence-electron chi connectivity index (χ1n) is 10.5. The number of hydrogen-bond donors (Lipinski definition) is 3. The predicted octanol–water partition coefficient (Wildman–Crippen LogP) is 1.08. The van der Waals surface area contributed by atoms with Crippen LogP contribution in [0.15, 0.2) is 35.6 Å². The van der Waals surface area contributed by atoms with Gasteiger partial charge in [-0.15, -0.1) is 0 Å². The number of nitrogens with one attached hydrogen (secondary N) is 3. The summed E-state index contributed by atoms with van der Waals surface area (Å²) in [7, 11) is 3.61. The number of nitrogens with zero attached hydrogens (tertiary/aromatic N) is 5. The third-order valence-electron chi connectivity index (χ3n) is 5.17. The summed E-state index contributed by atoms with van der Waals surface area (Å²) in [6, 6.07) is 8.51. The third-order valence-corrected chi connectivity index (χ3v) is 5.17. The Morgan fingerprint density at radius 1 is 1.33 bits per heavy atom. The zero-order valence-corrected chi connectivity index (χ0v) is 18.1. The zero-order valence-electron chi connectivity index (χ0n) is 18.1. The molecule has 0 saturated carbocycles. The van der Waals surface area contributed by atoms with Gasteiger partial charge in [-0.1, -0.05) is 18.2 Å². The molecule has 0 bridgehead atoms. The van der Waals surface area contributed by atoms with Gasteiger partial charge in [-0.05, 0) is 31.4 Å². The molecule has 1 aliphatic heterocycles. The van der Waals surface area contributed by atoms with Gasteiger partial charge in [0.25, 0.3) is 0 Å². The van der Waals surface area contributed by atoms with Crippen molar-refractivity contribution in [2.45, 2.75) is 32.4 Å². The summed E-state index contributed by atoms with van der Waals surface area (Å²) in [5.74, 6) is 1.74. The van der Waals surface area contributed by atoms with Gasteiger partial charge in [0.2, 0.25) is 5.91 Å². The molecule has 9 heteroatoms. The van der Waals surface area contributed by atoms with Crippen LogP contribution in [-0.4, -0.2) is 83.2 Å². The SMILES string of the molecule is CCNC(=NCc1cccc(-c2ncn[nH]2)c1)NC1CCN(CC(=O)N(C)C)CC1. The molecule has 30 heavy (non-hydrogen) atoms. The van der Waals surface area contributed by atoms with Gasteiger partial charge in [0.05, 0.1) is 13.1 Å². The minimum atomic E-state index is 0.156. The van der Waals surface area contributed by atoms with Crippen LogP contribution in [0.5, 0.6) is 0 Å². The maximum Gasteiger partial charge on any atom is 0.236 e. The van der Waals surface area contributed by atoms with E-state index in [4.69, 9.17) is 4.99 Å². The number of H-pyrrole nitrogens is 1. The quantitative estimate of drug-likeness (QED) is 0.465. The Morgan fingerprint density at radius 3 is 2.80 bits per heavy atom. The standard InChI is InChI=1S/C21H32N8O/c1-4-22-21(26-18-8-10-29(11-9-18)14-19(30)28(2)3)23-13-16-6-5-7-17(12-16)20-24-15-25-27-20/h5-7,12,15,18H,4,8-11,13-14H2,1-3H3,(H2,22,23,26)(H,24,25,27). The topological polar surface area (TPSA) is 102 Å². The number of amides is 1. The first kappa shape index (κ1) is 21.8. The summed E-state index contributed by atoms with van der Waals surface area (Å²) in [5.41, 5.74) is 2.11. The van der Waals surface area contributed by atoms with Crippen molar-refractivity contribution in [3.8, 4) is 11.4 Å². The minimum absolute atomic E-state index is 0.156. The highest BCUT2D eigenvalue weighted by Gasteiger charge is 2.22. The first-order chi connectivity index (χ1) is 14.5. The van der Waals surface area contributed by atoms with Crippen LogP contribution in [-0.2, 0) is 11.3 Å². The number of carbonyl (C=O) groups is 1. The molecule has 2 aromatic rings. The summed E-state index contributed by atoms with van der Waals surface area (Å²) in [6.45, 7) is 5.77. The fourth-order valence-corrected chi connectivity index (χ4v) is 3.41. The Kier molecular flexibility index (Phi) is 7.78. The van der Waals surface area contributed by atoms with Crippen molar-refractivity contribution < 1.29 is 4.79 Å². The van der Waals surface area contributed by atoms with Crippen LogP contribution in [0.1, 0.15) is 25.3 Å². The van der Waals surface area contributed by atoms with Crippen molar-refractivity contribution in [3.05, 3.63) is 36.2 Å². The average Bonchev–Trinajstić information content (AvgIpc) is 3.29. The fourth-order valence-electron chi connectivity index (χ4n) is 3.41. The summed E-state index contributed by atoms with van der Waals surface area (Å²) in [6.07, 6.45) is 3.49. The molecule has 1 aromatic heterocycles. The lowest BCUT2D eigenvalue weighted by Gasteiger charge is -2.33. The maximum atomic E-state index is 11.9. The monoisotopic (exact) mass is 412 g/mol. The molecule has 1 amide bonds. The molecule has 1 saturated heterocycles. The largest absolute Gasteiger partial charge is 0.357 e. The number of rotatable bonds is 7. The van der Waals surface area contributed by atoms with Crippen LogP contribution in [0.4, 0.5) is 0 Å². The van der Waals surface area contributed by atoms with E-state index in [-0.39, 0.29) is 5.91 Å². The van der Waals surface area contributed by atoms with Crippen molar-refractivity contribution in [1.29, 1.82) is 0 Å². The molecular formula is C21H32N8O. The molecular weight excluding hydrogens is 380 g/mol. The van der Waals surface area contributed by atoms with E-state index < -0.39 is 0 Å². The molecule has 0 unspecified atom stereocenters. The van der Waals surface area contributed by atoms with Crippen LogP contribution in [0, 0.1) is 0 Å². The Balaban J connectivity index is 1.54. The van der Waals surface area contributed by atoms with Gasteiger partial charge in [0.1, 0.15) is 6.33 Å². The van der Waals surface area contributed by atoms with Crippen molar-refractivity contribution in [1.82, 2.24) is 35.6 Å². The Hall–Kier alpha value is -2.94. The highest BCUT2D eigenvalue weighted by atomic mass is 16.2. The number of benzene rings is 1.